The van der Waals surface area contributed by atoms with Gasteiger partial charge in [-0.25, -0.2) is 0 Å². The predicted molar refractivity (Wildman–Crippen MR) is 89.1 cm³/mol. The van der Waals surface area contributed by atoms with E-state index in [-0.39, 0.29) is 17.1 Å². The second-order valence-electron chi connectivity index (χ2n) is 8.14. The average Bonchev–Trinajstić information content (AvgIpc) is 3.14. The van der Waals surface area contributed by atoms with E-state index in [1.54, 1.807) is 0 Å². The zero-order valence-electron chi connectivity index (χ0n) is 14.3. The maximum Gasteiger partial charge on any atom is 0.123 e. The molecule has 1 saturated carbocycles. The van der Waals surface area contributed by atoms with Gasteiger partial charge in [0.05, 0.1) is 6.10 Å². The number of nitrogens with one attached hydrogen (secondary N) is 1. The first kappa shape index (κ1) is 15.8. The molecule has 1 unspecified atom stereocenters. The standard InChI is InChI=1S/C19H29NO2/c1-13(2)17(21)19(7-8-19)12-20-11-14-5-6-16-15(9-14)10-18(3,4)22-16/h5-6,9,13,17,20-21H,7-8,10-12H2,1-4H3. The van der Waals surface area contributed by atoms with Gasteiger partial charge in [0.1, 0.15) is 11.4 Å². The molecule has 1 aromatic carbocycles. The van der Waals surface area contributed by atoms with Crippen molar-refractivity contribution >= 4 is 0 Å². The Kier molecular flexibility index (Phi) is 3.98. The number of benzene rings is 1. The Morgan fingerprint density at radius 3 is 2.64 bits per heavy atom. The summed E-state index contributed by atoms with van der Waals surface area (Å²) < 4.78 is 5.92. The summed E-state index contributed by atoms with van der Waals surface area (Å²) in [6, 6.07) is 6.50. The van der Waals surface area contributed by atoms with Gasteiger partial charge >= 0.3 is 0 Å². The molecular weight excluding hydrogens is 274 g/mol. The zero-order chi connectivity index (χ0) is 16.0. The van der Waals surface area contributed by atoms with Crippen LogP contribution in [-0.2, 0) is 13.0 Å². The van der Waals surface area contributed by atoms with Crippen LogP contribution in [0.4, 0.5) is 0 Å². The Labute approximate surface area is 134 Å². The van der Waals surface area contributed by atoms with Crippen molar-refractivity contribution in [3.63, 3.8) is 0 Å². The van der Waals surface area contributed by atoms with E-state index in [1.165, 1.54) is 11.1 Å². The highest BCUT2D eigenvalue weighted by Crippen LogP contribution is 2.50. The Balaban J connectivity index is 1.55. The highest BCUT2D eigenvalue weighted by Gasteiger charge is 2.49. The highest BCUT2D eigenvalue weighted by atomic mass is 16.5. The van der Waals surface area contributed by atoms with Crippen molar-refractivity contribution in [2.24, 2.45) is 11.3 Å². The minimum atomic E-state index is -0.186. The molecule has 122 valence electrons. The van der Waals surface area contributed by atoms with E-state index in [1.807, 2.05) is 0 Å². The third kappa shape index (κ3) is 3.16. The van der Waals surface area contributed by atoms with Crippen molar-refractivity contribution in [2.75, 3.05) is 6.54 Å². The Bertz CT molecular complexity index is 546. The van der Waals surface area contributed by atoms with Gasteiger partial charge in [-0.3, -0.25) is 0 Å². The fourth-order valence-corrected chi connectivity index (χ4v) is 3.67. The maximum absolute atomic E-state index is 10.3. The number of hydrogen-bond donors (Lipinski definition) is 2. The molecule has 1 fully saturated rings. The smallest absolute Gasteiger partial charge is 0.123 e. The summed E-state index contributed by atoms with van der Waals surface area (Å²) in [6.45, 7) is 10.2. The summed E-state index contributed by atoms with van der Waals surface area (Å²) in [6.07, 6.45) is 3.08. The molecule has 22 heavy (non-hydrogen) atoms. The lowest BCUT2D eigenvalue weighted by Crippen LogP contribution is -2.36. The summed E-state index contributed by atoms with van der Waals surface area (Å²) in [5.74, 6) is 1.37. The second-order valence-corrected chi connectivity index (χ2v) is 8.14. The van der Waals surface area contributed by atoms with Crippen LogP contribution in [0.1, 0.15) is 51.7 Å². The minimum absolute atomic E-state index is 0.0756. The molecule has 2 N–H and O–H groups in total. The van der Waals surface area contributed by atoms with Gasteiger partial charge in [0.25, 0.3) is 0 Å². The van der Waals surface area contributed by atoms with E-state index in [0.29, 0.717) is 5.92 Å². The van der Waals surface area contributed by atoms with E-state index in [9.17, 15) is 5.11 Å². The molecule has 0 saturated heterocycles. The van der Waals surface area contributed by atoms with Gasteiger partial charge in [-0.05, 0) is 49.8 Å². The fraction of sp³-hybridized carbons (Fsp3) is 0.684. The molecule has 2 aliphatic rings. The van der Waals surface area contributed by atoms with Gasteiger partial charge in [0.2, 0.25) is 0 Å². The first-order valence-corrected chi connectivity index (χ1v) is 8.51. The number of aliphatic hydroxyl groups is 1. The SMILES string of the molecule is CC(C)C(O)C1(CNCc2ccc3c(c2)CC(C)(C)O3)CC1. The number of rotatable bonds is 6. The lowest BCUT2D eigenvalue weighted by molar-refractivity contribution is 0.0502. The van der Waals surface area contributed by atoms with Crippen LogP contribution in [0.25, 0.3) is 0 Å². The van der Waals surface area contributed by atoms with E-state index >= 15 is 0 Å². The molecule has 1 heterocycles. The molecule has 3 rings (SSSR count). The Hall–Kier alpha value is -1.06. The predicted octanol–water partition coefficient (Wildman–Crippen LogP) is 3.29. The third-order valence-corrected chi connectivity index (χ3v) is 5.08. The molecule has 0 bridgehead atoms. The Morgan fingerprint density at radius 1 is 1.27 bits per heavy atom. The van der Waals surface area contributed by atoms with Crippen LogP contribution in [0, 0.1) is 11.3 Å². The van der Waals surface area contributed by atoms with Crippen molar-refractivity contribution in [3.8, 4) is 5.75 Å². The van der Waals surface area contributed by atoms with Crippen LogP contribution in [0.15, 0.2) is 18.2 Å². The quantitative estimate of drug-likeness (QED) is 0.847. The molecular formula is C19H29NO2. The molecule has 1 aromatic rings. The molecule has 1 aliphatic heterocycles. The van der Waals surface area contributed by atoms with Crippen LogP contribution in [0.5, 0.6) is 5.75 Å². The average molecular weight is 303 g/mol. The summed E-state index contributed by atoms with van der Waals surface area (Å²) >= 11 is 0. The molecule has 1 atom stereocenters. The van der Waals surface area contributed by atoms with Crippen molar-refractivity contribution in [1.29, 1.82) is 0 Å². The fourth-order valence-electron chi connectivity index (χ4n) is 3.67. The monoisotopic (exact) mass is 303 g/mol. The number of hydrogen-bond acceptors (Lipinski definition) is 3. The van der Waals surface area contributed by atoms with Crippen LogP contribution < -0.4 is 10.1 Å². The minimum Gasteiger partial charge on any atom is -0.487 e. The molecule has 1 aliphatic carbocycles. The summed E-state index contributed by atoms with van der Waals surface area (Å²) in [5.41, 5.74) is 2.66. The van der Waals surface area contributed by atoms with Gasteiger partial charge in [-0.1, -0.05) is 26.0 Å². The van der Waals surface area contributed by atoms with Crippen LogP contribution >= 0.6 is 0 Å². The molecule has 0 aromatic heterocycles. The Morgan fingerprint density at radius 2 is 2.00 bits per heavy atom. The van der Waals surface area contributed by atoms with Crippen molar-refractivity contribution in [1.82, 2.24) is 5.32 Å². The molecule has 3 heteroatoms. The van der Waals surface area contributed by atoms with Crippen molar-refractivity contribution < 1.29 is 9.84 Å². The van der Waals surface area contributed by atoms with Crippen LogP contribution in [-0.4, -0.2) is 23.4 Å². The van der Waals surface area contributed by atoms with Gasteiger partial charge in [-0.15, -0.1) is 0 Å². The van der Waals surface area contributed by atoms with Crippen molar-refractivity contribution in [3.05, 3.63) is 29.3 Å². The molecule has 0 spiro atoms. The molecule has 0 amide bonds. The number of fused-ring (bicyclic) bond motifs is 1. The van der Waals surface area contributed by atoms with Gasteiger partial charge in [0.15, 0.2) is 0 Å². The van der Waals surface area contributed by atoms with Crippen LogP contribution in [0.3, 0.4) is 0 Å². The molecule has 3 nitrogen and oxygen atoms in total. The first-order chi connectivity index (χ1) is 10.3. The third-order valence-electron chi connectivity index (χ3n) is 5.08. The summed E-state index contributed by atoms with van der Waals surface area (Å²) in [7, 11) is 0. The van der Waals surface area contributed by atoms with Crippen LogP contribution in [0.2, 0.25) is 0 Å². The van der Waals surface area contributed by atoms with E-state index in [0.717, 1.165) is 38.1 Å². The highest BCUT2D eigenvalue weighted by molar-refractivity contribution is 5.41. The summed E-state index contributed by atoms with van der Waals surface area (Å²) in [5, 5.41) is 13.9. The van der Waals surface area contributed by atoms with E-state index in [4.69, 9.17) is 4.74 Å². The molecule has 0 radical (unpaired) electrons. The van der Waals surface area contributed by atoms with Gasteiger partial charge in [0, 0.05) is 24.9 Å². The second kappa shape index (κ2) is 5.54. The van der Waals surface area contributed by atoms with E-state index in [2.05, 4.69) is 51.2 Å². The lowest BCUT2D eigenvalue weighted by Gasteiger charge is -2.25. The largest absolute Gasteiger partial charge is 0.487 e. The van der Waals surface area contributed by atoms with Gasteiger partial charge in [-0.2, -0.15) is 0 Å². The van der Waals surface area contributed by atoms with E-state index < -0.39 is 0 Å². The van der Waals surface area contributed by atoms with Gasteiger partial charge < -0.3 is 15.2 Å². The maximum atomic E-state index is 10.3. The normalized spacial score (nSPS) is 22.3. The number of aliphatic hydroxyl groups excluding tert-OH is 1. The van der Waals surface area contributed by atoms with Crippen molar-refractivity contribution in [2.45, 2.75) is 65.2 Å². The number of ether oxygens (including phenoxy) is 1. The topological polar surface area (TPSA) is 41.5 Å². The summed E-state index contributed by atoms with van der Waals surface area (Å²) in [4.78, 5) is 0. The first-order valence-electron chi connectivity index (χ1n) is 8.51. The zero-order valence-corrected chi connectivity index (χ0v) is 14.3. The lowest BCUT2D eigenvalue weighted by atomic mass is 9.90.